The molecule has 2 saturated heterocycles. The quantitative estimate of drug-likeness (QED) is 0.764. The van der Waals surface area contributed by atoms with Gasteiger partial charge >= 0.3 is 0 Å². The lowest BCUT2D eigenvalue weighted by Crippen LogP contribution is -2.44. The summed E-state index contributed by atoms with van der Waals surface area (Å²) in [5.41, 5.74) is 0. The first-order chi connectivity index (χ1) is 9.25. The number of hydrogen-bond donors (Lipinski definition) is 0. The van der Waals surface area contributed by atoms with Gasteiger partial charge in [-0.3, -0.25) is 4.90 Å². The zero-order valence-electron chi connectivity index (χ0n) is 12.5. The van der Waals surface area contributed by atoms with Crippen LogP contribution in [0.5, 0.6) is 0 Å². The Labute approximate surface area is 117 Å². The van der Waals surface area contributed by atoms with Crippen molar-refractivity contribution in [2.75, 3.05) is 46.1 Å². The topological polar surface area (TPSA) is 30.9 Å². The molecule has 2 heterocycles. The van der Waals surface area contributed by atoms with Crippen LogP contribution in [0.1, 0.15) is 33.1 Å². The van der Waals surface area contributed by atoms with E-state index in [1.807, 2.05) is 0 Å². The number of nitrogens with zero attached hydrogens (tertiary/aromatic N) is 1. The van der Waals surface area contributed by atoms with Gasteiger partial charge in [-0.05, 0) is 25.2 Å². The Balaban J connectivity index is 1.76. The molecule has 0 aromatic carbocycles. The summed E-state index contributed by atoms with van der Waals surface area (Å²) in [6.45, 7) is 10.8. The van der Waals surface area contributed by atoms with Gasteiger partial charge in [-0.15, -0.1) is 0 Å². The van der Waals surface area contributed by atoms with Gasteiger partial charge in [0.25, 0.3) is 0 Å². The molecule has 2 rings (SSSR count). The van der Waals surface area contributed by atoms with Crippen LogP contribution in [0.25, 0.3) is 0 Å². The van der Waals surface area contributed by atoms with Crippen LogP contribution in [0.2, 0.25) is 0 Å². The van der Waals surface area contributed by atoms with Gasteiger partial charge in [0.1, 0.15) is 0 Å². The molecule has 112 valence electrons. The van der Waals surface area contributed by atoms with E-state index in [0.29, 0.717) is 12.0 Å². The molecule has 2 fully saturated rings. The lowest BCUT2D eigenvalue weighted by Gasteiger charge is -2.34. The van der Waals surface area contributed by atoms with E-state index in [9.17, 15) is 0 Å². The molecule has 0 aromatic heterocycles. The predicted octanol–water partition coefficient (Wildman–Crippen LogP) is 1.93. The van der Waals surface area contributed by atoms with Crippen molar-refractivity contribution in [2.24, 2.45) is 5.92 Å². The van der Waals surface area contributed by atoms with E-state index in [4.69, 9.17) is 14.2 Å². The molecule has 0 N–H and O–H groups in total. The van der Waals surface area contributed by atoms with Gasteiger partial charge in [-0.2, -0.15) is 0 Å². The molecule has 0 spiro atoms. The minimum Gasteiger partial charge on any atom is -0.381 e. The minimum atomic E-state index is 0.240. The maximum Gasteiger partial charge on any atom is 0.0935 e. The third-order valence-electron chi connectivity index (χ3n) is 4.02. The number of hydrogen-bond acceptors (Lipinski definition) is 4. The molecule has 0 aliphatic carbocycles. The van der Waals surface area contributed by atoms with Gasteiger partial charge in [0.15, 0.2) is 0 Å². The zero-order chi connectivity index (χ0) is 13.5. The van der Waals surface area contributed by atoms with Crippen molar-refractivity contribution in [3.8, 4) is 0 Å². The zero-order valence-corrected chi connectivity index (χ0v) is 12.5. The lowest BCUT2D eigenvalue weighted by molar-refractivity contribution is -0.0199. The van der Waals surface area contributed by atoms with Crippen LogP contribution in [0.4, 0.5) is 0 Å². The molecule has 1 atom stereocenters. The largest absolute Gasteiger partial charge is 0.381 e. The second-order valence-corrected chi connectivity index (χ2v) is 6.09. The van der Waals surface area contributed by atoms with Crippen LogP contribution < -0.4 is 0 Å². The van der Waals surface area contributed by atoms with Crippen molar-refractivity contribution in [3.63, 3.8) is 0 Å². The summed E-state index contributed by atoms with van der Waals surface area (Å²) >= 11 is 0. The number of ether oxygens (including phenoxy) is 3. The first-order valence-electron chi connectivity index (χ1n) is 7.77. The van der Waals surface area contributed by atoms with E-state index in [0.717, 1.165) is 65.4 Å². The first-order valence-corrected chi connectivity index (χ1v) is 7.77. The Kier molecular flexibility index (Phi) is 6.57. The molecule has 0 radical (unpaired) electrons. The van der Waals surface area contributed by atoms with Gasteiger partial charge in [-0.25, -0.2) is 0 Å². The Bertz CT molecular complexity index is 242. The summed E-state index contributed by atoms with van der Waals surface area (Å²) in [5.74, 6) is 0.707. The highest BCUT2D eigenvalue weighted by molar-refractivity contribution is 4.79. The molecule has 0 bridgehead atoms. The van der Waals surface area contributed by atoms with E-state index in [2.05, 4.69) is 18.7 Å². The normalized spacial score (nSPS) is 27.6. The van der Waals surface area contributed by atoms with Crippen LogP contribution in [0.3, 0.4) is 0 Å². The molecule has 2 aliphatic rings. The van der Waals surface area contributed by atoms with E-state index < -0.39 is 0 Å². The molecule has 0 saturated carbocycles. The fraction of sp³-hybridized carbons (Fsp3) is 1.00. The van der Waals surface area contributed by atoms with E-state index in [1.165, 1.54) is 0 Å². The van der Waals surface area contributed by atoms with Crippen LogP contribution >= 0.6 is 0 Å². The minimum absolute atomic E-state index is 0.240. The molecule has 4 heteroatoms. The average molecular weight is 271 g/mol. The summed E-state index contributed by atoms with van der Waals surface area (Å²) in [6.07, 6.45) is 3.68. The highest BCUT2D eigenvalue weighted by Crippen LogP contribution is 2.17. The van der Waals surface area contributed by atoms with Gasteiger partial charge in [0.05, 0.1) is 19.3 Å². The lowest BCUT2D eigenvalue weighted by atomic mass is 10.1. The van der Waals surface area contributed by atoms with Crippen molar-refractivity contribution < 1.29 is 14.2 Å². The maximum atomic E-state index is 6.00. The molecule has 2 aliphatic heterocycles. The summed E-state index contributed by atoms with van der Waals surface area (Å²) in [7, 11) is 0. The van der Waals surface area contributed by atoms with Crippen molar-refractivity contribution >= 4 is 0 Å². The van der Waals surface area contributed by atoms with Gasteiger partial charge in [-0.1, -0.05) is 13.8 Å². The smallest absolute Gasteiger partial charge is 0.0935 e. The predicted molar refractivity (Wildman–Crippen MR) is 75.4 cm³/mol. The Hall–Kier alpha value is -0.160. The van der Waals surface area contributed by atoms with Crippen LogP contribution in [-0.2, 0) is 14.2 Å². The van der Waals surface area contributed by atoms with Gasteiger partial charge in [0, 0.05) is 39.0 Å². The van der Waals surface area contributed by atoms with Gasteiger partial charge in [0.2, 0.25) is 0 Å². The third kappa shape index (κ3) is 5.38. The molecule has 19 heavy (non-hydrogen) atoms. The second kappa shape index (κ2) is 8.20. The SMILES string of the molecule is CC(C)CCO[C@H]1COCCN(C2CCOCC2)C1. The molecule has 4 nitrogen and oxygen atoms in total. The maximum absolute atomic E-state index is 6.00. The van der Waals surface area contributed by atoms with E-state index in [-0.39, 0.29) is 6.10 Å². The van der Waals surface area contributed by atoms with Crippen molar-refractivity contribution in [3.05, 3.63) is 0 Å². The standard InChI is InChI=1S/C15H29NO3/c1-13(2)3-9-19-15-11-16(6-10-18-12-15)14-4-7-17-8-5-14/h13-15H,3-12H2,1-2H3/t15-/m1/s1. The van der Waals surface area contributed by atoms with Crippen molar-refractivity contribution in [1.29, 1.82) is 0 Å². The average Bonchev–Trinajstić information content (AvgIpc) is 2.65. The Morgan fingerprint density at radius 2 is 1.95 bits per heavy atom. The molecule has 0 amide bonds. The van der Waals surface area contributed by atoms with Crippen molar-refractivity contribution in [1.82, 2.24) is 4.90 Å². The second-order valence-electron chi connectivity index (χ2n) is 6.09. The summed E-state index contributed by atoms with van der Waals surface area (Å²) in [5, 5.41) is 0. The fourth-order valence-electron chi connectivity index (χ4n) is 2.76. The molecule has 0 aromatic rings. The highest BCUT2D eigenvalue weighted by atomic mass is 16.5. The van der Waals surface area contributed by atoms with Crippen LogP contribution in [-0.4, -0.2) is 63.2 Å². The van der Waals surface area contributed by atoms with Crippen LogP contribution in [0.15, 0.2) is 0 Å². The molecular formula is C15H29NO3. The van der Waals surface area contributed by atoms with E-state index in [1.54, 1.807) is 0 Å². The summed E-state index contributed by atoms with van der Waals surface area (Å²) < 4.78 is 17.1. The molecular weight excluding hydrogens is 242 g/mol. The molecule has 0 unspecified atom stereocenters. The fourth-order valence-corrected chi connectivity index (χ4v) is 2.76. The Morgan fingerprint density at radius 1 is 1.16 bits per heavy atom. The van der Waals surface area contributed by atoms with Gasteiger partial charge < -0.3 is 14.2 Å². The third-order valence-corrected chi connectivity index (χ3v) is 4.02. The van der Waals surface area contributed by atoms with E-state index >= 15 is 0 Å². The Morgan fingerprint density at radius 3 is 2.68 bits per heavy atom. The number of rotatable bonds is 5. The summed E-state index contributed by atoms with van der Waals surface area (Å²) in [4.78, 5) is 2.55. The first kappa shape index (κ1) is 15.2. The highest BCUT2D eigenvalue weighted by Gasteiger charge is 2.26. The van der Waals surface area contributed by atoms with Crippen molar-refractivity contribution in [2.45, 2.75) is 45.3 Å². The summed E-state index contributed by atoms with van der Waals surface area (Å²) in [6, 6.07) is 0.659. The van der Waals surface area contributed by atoms with Crippen LogP contribution in [0, 0.1) is 5.92 Å². The monoisotopic (exact) mass is 271 g/mol.